The summed E-state index contributed by atoms with van der Waals surface area (Å²) in [4.78, 5) is 11.6. The molecule has 0 aliphatic carbocycles. The second-order valence-corrected chi connectivity index (χ2v) is 5.21. The van der Waals surface area contributed by atoms with E-state index in [0.29, 0.717) is 5.56 Å². The standard InChI is InChI=1S/C13H20N2O/c1-8-6-10(13(3,4)5)7-9(2)11(8)12(16)15-14/h6-7H,14H2,1-5H3,(H,15,16). The number of nitrogen functional groups attached to an aromatic ring is 1. The third-order valence-corrected chi connectivity index (χ3v) is 2.76. The first-order chi connectivity index (χ1) is 7.27. The molecule has 0 spiro atoms. The van der Waals surface area contributed by atoms with Gasteiger partial charge in [-0.05, 0) is 36.0 Å². The lowest BCUT2D eigenvalue weighted by molar-refractivity contribution is 0.0952. The second-order valence-electron chi connectivity index (χ2n) is 5.21. The van der Waals surface area contributed by atoms with E-state index in [1.807, 2.05) is 13.8 Å². The lowest BCUT2D eigenvalue weighted by Gasteiger charge is -2.21. The van der Waals surface area contributed by atoms with Crippen LogP contribution >= 0.6 is 0 Å². The minimum absolute atomic E-state index is 0.0905. The van der Waals surface area contributed by atoms with Gasteiger partial charge in [-0.15, -0.1) is 0 Å². The molecular weight excluding hydrogens is 200 g/mol. The van der Waals surface area contributed by atoms with E-state index in [1.54, 1.807) is 0 Å². The molecule has 0 bridgehead atoms. The molecule has 0 heterocycles. The number of aryl methyl sites for hydroxylation is 2. The average Bonchev–Trinajstić information content (AvgIpc) is 2.14. The average molecular weight is 220 g/mol. The summed E-state index contributed by atoms with van der Waals surface area (Å²) in [6.45, 7) is 10.3. The van der Waals surface area contributed by atoms with Crippen molar-refractivity contribution < 1.29 is 4.79 Å². The SMILES string of the molecule is Cc1cc(C(C)(C)C)cc(C)c1C(=O)NN. The molecule has 0 fully saturated rings. The molecule has 0 saturated heterocycles. The third-order valence-electron chi connectivity index (χ3n) is 2.76. The smallest absolute Gasteiger partial charge is 0.265 e. The fourth-order valence-corrected chi connectivity index (χ4v) is 1.83. The van der Waals surface area contributed by atoms with Crippen LogP contribution in [0.25, 0.3) is 0 Å². The number of benzene rings is 1. The summed E-state index contributed by atoms with van der Waals surface area (Å²) in [6.07, 6.45) is 0. The molecule has 3 heteroatoms. The summed E-state index contributed by atoms with van der Waals surface area (Å²) in [6, 6.07) is 4.11. The first kappa shape index (κ1) is 12.7. The van der Waals surface area contributed by atoms with Gasteiger partial charge in [0.2, 0.25) is 0 Å². The highest BCUT2D eigenvalue weighted by Gasteiger charge is 2.18. The molecular formula is C13H20N2O. The topological polar surface area (TPSA) is 55.1 Å². The van der Waals surface area contributed by atoms with Crippen molar-refractivity contribution in [2.24, 2.45) is 5.84 Å². The van der Waals surface area contributed by atoms with E-state index in [1.165, 1.54) is 5.56 Å². The minimum atomic E-state index is -0.226. The van der Waals surface area contributed by atoms with Crippen LogP contribution in [0.1, 0.15) is 47.8 Å². The van der Waals surface area contributed by atoms with Crippen LogP contribution in [0, 0.1) is 13.8 Å². The lowest BCUT2D eigenvalue weighted by Crippen LogP contribution is -2.31. The zero-order valence-corrected chi connectivity index (χ0v) is 10.6. The van der Waals surface area contributed by atoms with E-state index in [0.717, 1.165) is 11.1 Å². The fraction of sp³-hybridized carbons (Fsp3) is 0.462. The van der Waals surface area contributed by atoms with Gasteiger partial charge in [0.1, 0.15) is 0 Å². The van der Waals surface area contributed by atoms with Crippen molar-refractivity contribution >= 4 is 5.91 Å². The van der Waals surface area contributed by atoms with Crippen LogP contribution in [-0.4, -0.2) is 5.91 Å². The summed E-state index contributed by atoms with van der Waals surface area (Å²) in [5, 5.41) is 0. The van der Waals surface area contributed by atoms with Gasteiger partial charge in [0.25, 0.3) is 5.91 Å². The van der Waals surface area contributed by atoms with Gasteiger partial charge in [0.05, 0.1) is 0 Å². The number of hydrazine groups is 1. The zero-order chi connectivity index (χ0) is 12.5. The number of nitrogens with two attached hydrogens (primary N) is 1. The van der Waals surface area contributed by atoms with Crippen molar-refractivity contribution in [1.82, 2.24) is 5.43 Å². The highest BCUT2D eigenvalue weighted by atomic mass is 16.2. The molecule has 88 valence electrons. The summed E-state index contributed by atoms with van der Waals surface area (Å²) >= 11 is 0. The zero-order valence-electron chi connectivity index (χ0n) is 10.6. The predicted molar refractivity (Wildman–Crippen MR) is 66.3 cm³/mol. The number of nitrogens with one attached hydrogen (secondary N) is 1. The monoisotopic (exact) mass is 220 g/mol. The second kappa shape index (κ2) is 4.26. The predicted octanol–water partition coefficient (Wildman–Crippen LogP) is 2.20. The first-order valence-electron chi connectivity index (χ1n) is 5.40. The molecule has 0 radical (unpaired) electrons. The van der Waals surface area contributed by atoms with E-state index in [2.05, 4.69) is 38.3 Å². The van der Waals surface area contributed by atoms with E-state index < -0.39 is 0 Å². The Kier molecular flexibility index (Phi) is 3.38. The maximum absolute atomic E-state index is 11.6. The Bertz CT molecular complexity index is 393. The molecule has 1 aromatic carbocycles. The van der Waals surface area contributed by atoms with Crippen molar-refractivity contribution in [1.29, 1.82) is 0 Å². The molecule has 3 N–H and O–H groups in total. The van der Waals surface area contributed by atoms with Crippen LogP contribution in [0.4, 0.5) is 0 Å². The molecule has 0 aromatic heterocycles. The maximum atomic E-state index is 11.6. The molecule has 0 aliphatic rings. The van der Waals surface area contributed by atoms with Gasteiger partial charge in [-0.2, -0.15) is 0 Å². The number of amides is 1. The maximum Gasteiger partial charge on any atom is 0.265 e. The van der Waals surface area contributed by atoms with Crippen LogP contribution in [0.3, 0.4) is 0 Å². The molecule has 3 nitrogen and oxygen atoms in total. The molecule has 0 saturated carbocycles. The van der Waals surface area contributed by atoms with Gasteiger partial charge in [-0.25, -0.2) is 5.84 Å². The van der Waals surface area contributed by atoms with E-state index in [4.69, 9.17) is 5.84 Å². The normalized spacial score (nSPS) is 11.4. The van der Waals surface area contributed by atoms with Crippen molar-refractivity contribution in [3.05, 3.63) is 34.4 Å². The molecule has 0 atom stereocenters. The summed E-state index contributed by atoms with van der Waals surface area (Å²) in [5.41, 5.74) is 6.11. The number of carbonyl (C=O) groups excluding carboxylic acids is 1. The lowest BCUT2D eigenvalue weighted by atomic mass is 9.84. The van der Waals surface area contributed by atoms with Crippen molar-refractivity contribution in [3.8, 4) is 0 Å². The number of rotatable bonds is 1. The number of carbonyl (C=O) groups is 1. The van der Waals surface area contributed by atoms with Gasteiger partial charge in [-0.3, -0.25) is 10.2 Å². The molecule has 1 amide bonds. The van der Waals surface area contributed by atoms with Gasteiger partial charge in [0.15, 0.2) is 0 Å². The van der Waals surface area contributed by atoms with Crippen LogP contribution in [-0.2, 0) is 5.41 Å². The Hall–Kier alpha value is -1.35. The highest BCUT2D eigenvalue weighted by molar-refractivity contribution is 5.96. The quantitative estimate of drug-likeness (QED) is 0.433. The van der Waals surface area contributed by atoms with E-state index >= 15 is 0 Å². The summed E-state index contributed by atoms with van der Waals surface area (Å²) in [7, 11) is 0. The molecule has 1 rings (SSSR count). The van der Waals surface area contributed by atoms with Gasteiger partial charge >= 0.3 is 0 Å². The summed E-state index contributed by atoms with van der Waals surface area (Å²) in [5.74, 6) is 4.94. The largest absolute Gasteiger partial charge is 0.290 e. The first-order valence-corrected chi connectivity index (χ1v) is 5.40. The molecule has 16 heavy (non-hydrogen) atoms. The number of hydrogen-bond acceptors (Lipinski definition) is 2. The highest BCUT2D eigenvalue weighted by Crippen LogP contribution is 2.26. The summed E-state index contributed by atoms with van der Waals surface area (Å²) < 4.78 is 0. The van der Waals surface area contributed by atoms with E-state index in [9.17, 15) is 4.79 Å². The van der Waals surface area contributed by atoms with Crippen LogP contribution in [0.2, 0.25) is 0 Å². The Morgan fingerprint density at radius 1 is 1.19 bits per heavy atom. The Morgan fingerprint density at radius 2 is 1.62 bits per heavy atom. The third kappa shape index (κ3) is 2.42. The van der Waals surface area contributed by atoms with Crippen LogP contribution in [0.15, 0.2) is 12.1 Å². The Morgan fingerprint density at radius 3 is 1.94 bits per heavy atom. The van der Waals surface area contributed by atoms with Crippen molar-refractivity contribution in [2.75, 3.05) is 0 Å². The fourth-order valence-electron chi connectivity index (χ4n) is 1.83. The van der Waals surface area contributed by atoms with Gasteiger partial charge < -0.3 is 0 Å². The Balaban J connectivity index is 3.34. The Labute approximate surface area is 97.0 Å². The van der Waals surface area contributed by atoms with Crippen LogP contribution in [0.5, 0.6) is 0 Å². The van der Waals surface area contributed by atoms with Gasteiger partial charge in [0, 0.05) is 5.56 Å². The molecule has 0 unspecified atom stereocenters. The number of hydrogen-bond donors (Lipinski definition) is 2. The van der Waals surface area contributed by atoms with Crippen molar-refractivity contribution in [2.45, 2.75) is 40.0 Å². The van der Waals surface area contributed by atoms with E-state index in [-0.39, 0.29) is 11.3 Å². The van der Waals surface area contributed by atoms with Crippen LogP contribution < -0.4 is 11.3 Å². The molecule has 1 aromatic rings. The van der Waals surface area contributed by atoms with Crippen molar-refractivity contribution in [3.63, 3.8) is 0 Å². The van der Waals surface area contributed by atoms with Gasteiger partial charge in [-0.1, -0.05) is 32.9 Å². The minimum Gasteiger partial charge on any atom is -0.290 e. The molecule has 0 aliphatic heterocycles.